The SMILES string of the molecule is CN1CCCC(N(C)c2ccc(CBr)cc2F)C1. The third kappa shape index (κ3) is 3.04. The zero-order chi connectivity index (χ0) is 13.1. The first kappa shape index (κ1) is 13.8. The predicted molar refractivity (Wildman–Crippen MR) is 78.0 cm³/mol. The maximum Gasteiger partial charge on any atom is 0.146 e. The summed E-state index contributed by atoms with van der Waals surface area (Å²) in [6.07, 6.45) is 2.33. The number of benzene rings is 1. The smallest absolute Gasteiger partial charge is 0.146 e. The van der Waals surface area contributed by atoms with Crippen LogP contribution in [-0.2, 0) is 5.33 Å². The third-order valence-electron chi connectivity index (χ3n) is 3.69. The van der Waals surface area contributed by atoms with E-state index in [-0.39, 0.29) is 5.82 Å². The Hall–Kier alpha value is -0.610. The van der Waals surface area contributed by atoms with Crippen LogP contribution in [0, 0.1) is 5.82 Å². The average Bonchev–Trinajstić information content (AvgIpc) is 2.37. The van der Waals surface area contributed by atoms with Gasteiger partial charge in [-0.1, -0.05) is 22.0 Å². The molecule has 0 aliphatic carbocycles. The van der Waals surface area contributed by atoms with Crippen molar-refractivity contribution in [3.05, 3.63) is 29.6 Å². The quantitative estimate of drug-likeness (QED) is 0.790. The lowest BCUT2D eigenvalue weighted by Crippen LogP contribution is -2.45. The number of halogens is 2. The maximum atomic E-state index is 14.1. The van der Waals surface area contributed by atoms with E-state index in [1.165, 1.54) is 6.42 Å². The van der Waals surface area contributed by atoms with Crippen LogP contribution in [0.15, 0.2) is 18.2 Å². The molecular formula is C14H20BrFN2. The molecule has 100 valence electrons. The lowest BCUT2D eigenvalue weighted by atomic mass is 10.0. The van der Waals surface area contributed by atoms with Crippen molar-refractivity contribution >= 4 is 21.6 Å². The third-order valence-corrected chi connectivity index (χ3v) is 4.34. The van der Waals surface area contributed by atoms with Gasteiger partial charge in [-0.3, -0.25) is 0 Å². The fourth-order valence-corrected chi connectivity index (χ4v) is 2.92. The predicted octanol–water partition coefficient (Wildman–Crippen LogP) is 3.25. The monoisotopic (exact) mass is 314 g/mol. The van der Waals surface area contributed by atoms with Crippen LogP contribution in [0.25, 0.3) is 0 Å². The number of anilines is 1. The number of hydrogen-bond donors (Lipinski definition) is 0. The maximum absolute atomic E-state index is 14.1. The van der Waals surface area contributed by atoms with E-state index in [0.29, 0.717) is 17.1 Å². The van der Waals surface area contributed by atoms with Gasteiger partial charge in [0.2, 0.25) is 0 Å². The average molecular weight is 315 g/mol. The van der Waals surface area contributed by atoms with Crippen LogP contribution >= 0.6 is 15.9 Å². The van der Waals surface area contributed by atoms with E-state index in [4.69, 9.17) is 0 Å². The molecule has 4 heteroatoms. The molecule has 2 nitrogen and oxygen atoms in total. The van der Waals surface area contributed by atoms with Crippen molar-refractivity contribution in [2.24, 2.45) is 0 Å². The number of alkyl halides is 1. The Kier molecular flexibility index (Phi) is 4.62. The Morgan fingerprint density at radius 3 is 2.89 bits per heavy atom. The molecule has 0 N–H and O–H groups in total. The van der Waals surface area contributed by atoms with Crippen molar-refractivity contribution in [1.82, 2.24) is 4.90 Å². The van der Waals surface area contributed by atoms with E-state index in [1.807, 2.05) is 19.2 Å². The molecule has 1 atom stereocenters. The standard InChI is InChI=1S/C14H20BrFN2/c1-17-7-3-4-12(10-17)18(2)14-6-5-11(9-15)8-13(14)16/h5-6,8,12H,3-4,7,9-10H2,1-2H3. The van der Waals surface area contributed by atoms with Crippen LogP contribution in [0.2, 0.25) is 0 Å². The minimum atomic E-state index is -0.123. The molecule has 1 saturated heterocycles. The Morgan fingerprint density at radius 2 is 2.28 bits per heavy atom. The number of rotatable bonds is 3. The highest BCUT2D eigenvalue weighted by atomic mass is 79.9. The van der Waals surface area contributed by atoms with Crippen LogP contribution in [0.1, 0.15) is 18.4 Å². The second kappa shape index (κ2) is 6.02. The molecule has 1 aromatic rings. The molecule has 0 spiro atoms. The molecule has 1 heterocycles. The van der Waals surface area contributed by atoms with E-state index < -0.39 is 0 Å². The zero-order valence-corrected chi connectivity index (χ0v) is 12.6. The topological polar surface area (TPSA) is 6.48 Å². The van der Waals surface area contributed by atoms with Crippen molar-refractivity contribution in [2.45, 2.75) is 24.2 Å². The van der Waals surface area contributed by atoms with Gasteiger partial charge in [0.25, 0.3) is 0 Å². The summed E-state index contributed by atoms with van der Waals surface area (Å²) < 4.78 is 14.1. The molecule has 0 amide bonds. The zero-order valence-electron chi connectivity index (χ0n) is 11.0. The van der Waals surface area contributed by atoms with Gasteiger partial charge >= 0.3 is 0 Å². The number of piperidine rings is 1. The molecule has 1 aliphatic heterocycles. The molecule has 0 aromatic heterocycles. The lowest BCUT2D eigenvalue weighted by Gasteiger charge is -2.37. The molecule has 0 saturated carbocycles. The van der Waals surface area contributed by atoms with E-state index >= 15 is 0 Å². The van der Waals surface area contributed by atoms with Gasteiger partial charge in [-0.05, 0) is 44.1 Å². The first-order valence-electron chi connectivity index (χ1n) is 6.37. The Morgan fingerprint density at radius 1 is 1.50 bits per heavy atom. The summed E-state index contributed by atoms with van der Waals surface area (Å²) in [6.45, 7) is 2.16. The number of likely N-dealkylation sites (N-methyl/N-ethyl adjacent to an activating group) is 2. The summed E-state index contributed by atoms with van der Waals surface area (Å²) in [7, 11) is 4.13. The normalized spacial score (nSPS) is 21.0. The van der Waals surface area contributed by atoms with E-state index in [2.05, 4.69) is 32.8 Å². The molecule has 1 unspecified atom stereocenters. The second-order valence-electron chi connectivity index (χ2n) is 5.09. The summed E-state index contributed by atoms with van der Waals surface area (Å²) in [5, 5.41) is 0.695. The largest absolute Gasteiger partial charge is 0.368 e. The first-order chi connectivity index (χ1) is 8.61. The van der Waals surface area contributed by atoms with Crippen molar-refractivity contribution in [1.29, 1.82) is 0 Å². The summed E-state index contributed by atoms with van der Waals surface area (Å²) in [4.78, 5) is 4.40. The summed E-state index contributed by atoms with van der Waals surface area (Å²) in [5.41, 5.74) is 1.69. The summed E-state index contributed by atoms with van der Waals surface area (Å²) in [5.74, 6) is -0.123. The number of likely N-dealkylation sites (tertiary alicyclic amines) is 1. The highest BCUT2D eigenvalue weighted by molar-refractivity contribution is 9.08. The van der Waals surface area contributed by atoms with Crippen molar-refractivity contribution < 1.29 is 4.39 Å². The molecule has 1 aliphatic rings. The van der Waals surface area contributed by atoms with Gasteiger partial charge in [0.1, 0.15) is 5.82 Å². The van der Waals surface area contributed by atoms with Gasteiger partial charge in [0, 0.05) is 25.0 Å². The van der Waals surface area contributed by atoms with Crippen LogP contribution in [0.3, 0.4) is 0 Å². The van der Waals surface area contributed by atoms with E-state index in [9.17, 15) is 4.39 Å². The van der Waals surface area contributed by atoms with Gasteiger partial charge in [-0.15, -0.1) is 0 Å². The molecule has 1 fully saturated rings. The highest BCUT2D eigenvalue weighted by Gasteiger charge is 2.22. The van der Waals surface area contributed by atoms with Crippen LogP contribution in [-0.4, -0.2) is 38.1 Å². The van der Waals surface area contributed by atoms with Crippen LogP contribution < -0.4 is 4.90 Å². The van der Waals surface area contributed by atoms with Gasteiger partial charge in [-0.25, -0.2) is 4.39 Å². The van der Waals surface area contributed by atoms with Gasteiger partial charge < -0.3 is 9.80 Å². The van der Waals surface area contributed by atoms with Crippen LogP contribution in [0.5, 0.6) is 0 Å². The second-order valence-corrected chi connectivity index (χ2v) is 5.65. The molecular weight excluding hydrogens is 295 g/mol. The van der Waals surface area contributed by atoms with Gasteiger partial charge in [0.05, 0.1) is 5.69 Å². The Labute approximate surface area is 117 Å². The molecule has 18 heavy (non-hydrogen) atoms. The van der Waals surface area contributed by atoms with Crippen LogP contribution in [0.4, 0.5) is 10.1 Å². The van der Waals surface area contributed by atoms with Crippen molar-refractivity contribution in [3.8, 4) is 0 Å². The molecule has 0 bridgehead atoms. The Bertz CT molecular complexity index is 411. The van der Waals surface area contributed by atoms with E-state index in [0.717, 1.165) is 25.1 Å². The first-order valence-corrected chi connectivity index (χ1v) is 7.49. The molecule has 2 rings (SSSR count). The number of nitrogens with zero attached hydrogens (tertiary/aromatic N) is 2. The summed E-state index contributed by atoms with van der Waals surface area (Å²) >= 11 is 3.35. The summed E-state index contributed by atoms with van der Waals surface area (Å²) in [6, 6.07) is 5.90. The minimum Gasteiger partial charge on any atom is -0.368 e. The fourth-order valence-electron chi connectivity index (χ4n) is 2.57. The Balaban J connectivity index is 2.15. The van der Waals surface area contributed by atoms with Gasteiger partial charge in [0.15, 0.2) is 0 Å². The fraction of sp³-hybridized carbons (Fsp3) is 0.571. The molecule has 1 aromatic carbocycles. The van der Waals surface area contributed by atoms with Crippen molar-refractivity contribution in [3.63, 3.8) is 0 Å². The van der Waals surface area contributed by atoms with Gasteiger partial charge in [-0.2, -0.15) is 0 Å². The lowest BCUT2D eigenvalue weighted by molar-refractivity contribution is 0.247. The minimum absolute atomic E-state index is 0.123. The number of hydrogen-bond acceptors (Lipinski definition) is 2. The molecule has 0 radical (unpaired) electrons. The van der Waals surface area contributed by atoms with E-state index in [1.54, 1.807) is 6.07 Å². The highest BCUT2D eigenvalue weighted by Crippen LogP contribution is 2.25. The van der Waals surface area contributed by atoms with Crippen molar-refractivity contribution in [2.75, 3.05) is 32.1 Å².